The molecule has 0 fully saturated rings. The average molecular weight is 326 g/mol. The molecule has 0 rings (SSSR count). The number of hydrogen-bond acceptors (Lipinski definition) is 3. The number of hydrogen-bond donors (Lipinski definition) is 3. The zero-order valence-electron chi connectivity index (χ0n) is 6.11. The zero-order valence-corrected chi connectivity index (χ0v) is 11.6. The Morgan fingerprint density at radius 2 is 1.89 bits per heavy atom. The minimum atomic E-state index is 0. The average Bonchev–Trinajstić information content (AvgIpc) is 1.81. The van der Waals surface area contributed by atoms with Crippen LogP contribution in [0.1, 0.15) is 0 Å². The molecule has 0 unspecified atom stereocenters. The van der Waals surface area contributed by atoms with Gasteiger partial charge in [-0.05, 0) is 7.05 Å². The van der Waals surface area contributed by atoms with Crippen molar-refractivity contribution in [3.63, 3.8) is 0 Å². The molecule has 0 aromatic carbocycles. The van der Waals surface area contributed by atoms with E-state index < -0.39 is 0 Å². The summed E-state index contributed by atoms with van der Waals surface area (Å²) < 4.78 is 0. The van der Waals surface area contributed by atoms with Crippen molar-refractivity contribution in [3.8, 4) is 0 Å². The topological polar surface area (TPSA) is 50.1 Å². The van der Waals surface area contributed by atoms with Gasteiger partial charge in [0.05, 0.1) is 0 Å². The van der Waals surface area contributed by atoms with Crippen LogP contribution in [0.3, 0.4) is 0 Å². The summed E-state index contributed by atoms with van der Waals surface area (Å²) in [4.78, 5) is 0. The first kappa shape index (κ1) is 12.5. The van der Waals surface area contributed by atoms with Gasteiger partial charge in [0.25, 0.3) is 0 Å². The van der Waals surface area contributed by atoms with Gasteiger partial charge in [-0.1, -0.05) is 0 Å². The van der Waals surface area contributed by atoms with Gasteiger partial charge in [-0.3, -0.25) is 0 Å². The Hall–Kier alpha value is 0.802. The van der Waals surface area contributed by atoms with Crippen LogP contribution in [0.4, 0.5) is 0 Å². The maximum atomic E-state index is 5.23. The van der Waals surface area contributed by atoms with E-state index in [1.807, 2.05) is 7.05 Å². The number of nitrogens with one attached hydrogen (secondary N) is 2. The molecule has 0 aliphatic rings. The predicted molar refractivity (Wildman–Crippen MR) is 44.4 cm³/mol. The Balaban J connectivity index is 0. The molecule has 56 valence electrons. The minimum absolute atomic E-state index is 0. The molecule has 4 N–H and O–H groups in total. The summed E-state index contributed by atoms with van der Waals surface area (Å²) in [5, 5.41) is 6.17. The van der Waals surface area contributed by atoms with E-state index in [0.29, 0.717) is 0 Å². The van der Waals surface area contributed by atoms with Gasteiger partial charge in [0.15, 0.2) is 0 Å². The van der Waals surface area contributed by atoms with Crippen molar-refractivity contribution in [3.05, 3.63) is 0 Å². The Bertz CT molecular complexity index is 37.2. The van der Waals surface area contributed by atoms with Gasteiger partial charge in [0, 0.05) is 26.2 Å². The molecule has 0 saturated heterocycles. The van der Waals surface area contributed by atoms with Crippen molar-refractivity contribution in [2.24, 2.45) is 5.73 Å². The van der Waals surface area contributed by atoms with E-state index >= 15 is 0 Å². The second-order valence-electron chi connectivity index (χ2n) is 1.64. The normalized spacial score (nSPS) is 8.67. The van der Waals surface area contributed by atoms with Crippen LogP contribution in [0.5, 0.6) is 0 Å². The fourth-order valence-electron chi connectivity index (χ4n) is 0.440. The molecule has 2 radical (unpaired) electrons. The maximum absolute atomic E-state index is 5.23. The fourth-order valence-corrected chi connectivity index (χ4v) is 0.440. The summed E-state index contributed by atoms with van der Waals surface area (Å²) >= 11 is 0. The molecular weight excluding hydrogens is 309 g/mol. The third kappa shape index (κ3) is 12.1. The van der Waals surface area contributed by atoms with E-state index in [0.717, 1.165) is 26.2 Å². The summed E-state index contributed by atoms with van der Waals surface area (Å²) in [5.41, 5.74) is 5.23. The summed E-state index contributed by atoms with van der Waals surface area (Å²) in [6.07, 6.45) is 0. The molecule has 3 nitrogen and oxygen atoms in total. The van der Waals surface area contributed by atoms with Crippen LogP contribution < -0.4 is 16.4 Å². The molecule has 4 heteroatoms. The number of nitrogens with two attached hydrogens (primary N) is 1. The van der Waals surface area contributed by atoms with Gasteiger partial charge in [0.2, 0.25) is 0 Å². The molecule has 0 aromatic heterocycles. The van der Waals surface area contributed by atoms with Gasteiger partial charge in [-0.2, -0.15) is 0 Å². The molecule has 0 aliphatic carbocycles. The standard InChI is InChI=1S/C5H15N3.Pb.2H/c1-7-4-5-8-3-2-6;;;/h7-8H,2-6H2,1H3;;;. The Labute approximate surface area is 76.9 Å². The van der Waals surface area contributed by atoms with E-state index in [2.05, 4.69) is 10.6 Å². The molecule has 0 spiro atoms. The summed E-state index contributed by atoms with van der Waals surface area (Å²) in [5.74, 6) is 0. The molecule has 0 heterocycles. The van der Waals surface area contributed by atoms with Gasteiger partial charge >= 0.3 is 27.3 Å². The van der Waals surface area contributed by atoms with E-state index in [-0.39, 0.29) is 27.3 Å². The second kappa shape index (κ2) is 11.6. The monoisotopic (exact) mass is 327 g/mol. The zero-order chi connectivity index (χ0) is 6.24. The van der Waals surface area contributed by atoms with Crippen LogP contribution in [0.25, 0.3) is 0 Å². The van der Waals surface area contributed by atoms with Crippen LogP contribution >= 0.6 is 0 Å². The molecule has 9 heavy (non-hydrogen) atoms. The van der Waals surface area contributed by atoms with Crippen LogP contribution in [-0.2, 0) is 0 Å². The first-order valence-electron chi connectivity index (χ1n) is 2.97. The molecule has 0 saturated carbocycles. The second-order valence-corrected chi connectivity index (χ2v) is 1.64. The fraction of sp³-hybridized carbons (Fsp3) is 1.00. The molecule has 0 aliphatic heterocycles. The van der Waals surface area contributed by atoms with Crippen LogP contribution in [0.2, 0.25) is 0 Å². The van der Waals surface area contributed by atoms with Crippen molar-refractivity contribution in [2.75, 3.05) is 33.2 Å². The van der Waals surface area contributed by atoms with E-state index in [9.17, 15) is 0 Å². The van der Waals surface area contributed by atoms with Gasteiger partial charge in [-0.25, -0.2) is 0 Å². The van der Waals surface area contributed by atoms with E-state index in [1.165, 1.54) is 0 Å². The summed E-state index contributed by atoms with van der Waals surface area (Å²) in [6, 6.07) is 0. The van der Waals surface area contributed by atoms with Crippen molar-refractivity contribution in [2.45, 2.75) is 0 Å². The molecule has 0 aromatic rings. The van der Waals surface area contributed by atoms with E-state index in [4.69, 9.17) is 5.73 Å². The third-order valence-corrected chi connectivity index (χ3v) is 0.873. The Kier molecular flexibility index (Phi) is 16.1. The van der Waals surface area contributed by atoms with Gasteiger partial charge < -0.3 is 16.4 Å². The molecular formula is C5H17N3Pb. The molecule has 0 bridgehead atoms. The number of likely N-dealkylation sites (N-methyl/N-ethyl adjacent to an activating group) is 1. The molecule has 0 amide bonds. The molecule has 0 atom stereocenters. The number of rotatable bonds is 5. The van der Waals surface area contributed by atoms with Crippen molar-refractivity contribution < 1.29 is 0 Å². The van der Waals surface area contributed by atoms with Crippen molar-refractivity contribution >= 4 is 27.3 Å². The third-order valence-electron chi connectivity index (χ3n) is 0.873. The van der Waals surface area contributed by atoms with Crippen molar-refractivity contribution in [1.29, 1.82) is 0 Å². The summed E-state index contributed by atoms with van der Waals surface area (Å²) in [6.45, 7) is 3.67. The SMILES string of the molecule is CNCCNCCN.[PbH2]. The van der Waals surface area contributed by atoms with Crippen LogP contribution in [-0.4, -0.2) is 60.5 Å². The quantitative estimate of drug-likeness (QED) is 0.398. The van der Waals surface area contributed by atoms with Crippen LogP contribution in [0, 0.1) is 0 Å². The van der Waals surface area contributed by atoms with Gasteiger partial charge in [-0.15, -0.1) is 0 Å². The first-order valence-corrected chi connectivity index (χ1v) is 2.97. The predicted octanol–water partition coefficient (Wildman–Crippen LogP) is -2.16. The summed E-state index contributed by atoms with van der Waals surface area (Å²) in [7, 11) is 1.93. The van der Waals surface area contributed by atoms with Crippen molar-refractivity contribution in [1.82, 2.24) is 10.6 Å². The van der Waals surface area contributed by atoms with E-state index in [1.54, 1.807) is 0 Å². The first-order chi connectivity index (χ1) is 3.91. The van der Waals surface area contributed by atoms with Crippen LogP contribution in [0.15, 0.2) is 0 Å². The van der Waals surface area contributed by atoms with Gasteiger partial charge in [0.1, 0.15) is 0 Å². The Morgan fingerprint density at radius 3 is 2.33 bits per heavy atom. The Morgan fingerprint density at radius 1 is 1.22 bits per heavy atom.